The maximum atomic E-state index is 12.2. The number of hydrogen-bond donors (Lipinski definition) is 1. The van der Waals surface area contributed by atoms with Crippen LogP contribution in [0, 0.1) is 0 Å². The molecular weight excluding hydrogens is 282 g/mol. The van der Waals surface area contributed by atoms with Crippen LogP contribution in [0.4, 0.5) is 0 Å². The van der Waals surface area contributed by atoms with Gasteiger partial charge in [0.15, 0.2) is 0 Å². The third kappa shape index (κ3) is 3.57. The fourth-order valence-electron chi connectivity index (χ4n) is 2.82. The molecule has 0 spiro atoms. The third-order valence-electron chi connectivity index (χ3n) is 3.94. The van der Waals surface area contributed by atoms with Gasteiger partial charge in [0, 0.05) is 31.8 Å². The van der Waals surface area contributed by atoms with E-state index in [2.05, 4.69) is 10.4 Å². The molecule has 0 unspecified atom stereocenters. The van der Waals surface area contributed by atoms with Crippen LogP contribution in [-0.4, -0.2) is 28.3 Å². The summed E-state index contributed by atoms with van der Waals surface area (Å²) in [6, 6.07) is 1.89. The summed E-state index contributed by atoms with van der Waals surface area (Å²) < 4.78 is 12.6. The summed E-state index contributed by atoms with van der Waals surface area (Å²) in [4.78, 5) is 12.2. The number of rotatable bonds is 5. The average molecular weight is 303 g/mol. The molecule has 1 saturated heterocycles. The Bertz CT molecular complexity index is 606. The maximum Gasteiger partial charge on any atom is 0.220 e. The number of furan rings is 1. The molecule has 2 aromatic rings. The van der Waals surface area contributed by atoms with Crippen molar-refractivity contribution in [2.24, 2.45) is 7.05 Å². The van der Waals surface area contributed by atoms with Gasteiger partial charge in [-0.2, -0.15) is 5.10 Å². The van der Waals surface area contributed by atoms with Crippen molar-refractivity contribution < 1.29 is 13.9 Å². The highest BCUT2D eigenvalue weighted by atomic mass is 16.5. The van der Waals surface area contributed by atoms with Crippen LogP contribution in [-0.2, 0) is 23.0 Å². The molecule has 0 aromatic carbocycles. The quantitative estimate of drug-likeness (QED) is 0.917. The molecule has 3 heterocycles. The SMILES string of the molecule is Cn1cc([C@H]2OCCC[C@@H]2NC(=O)CCc2ccoc2)cn1. The van der Waals surface area contributed by atoms with Crippen LogP contribution < -0.4 is 5.32 Å². The summed E-state index contributed by atoms with van der Waals surface area (Å²) in [5.74, 6) is 0.0468. The molecule has 1 N–H and O–H groups in total. The van der Waals surface area contributed by atoms with Gasteiger partial charge in [-0.15, -0.1) is 0 Å². The molecule has 3 rings (SSSR count). The van der Waals surface area contributed by atoms with Crippen LogP contribution in [0.5, 0.6) is 0 Å². The van der Waals surface area contributed by atoms with E-state index in [1.165, 1.54) is 0 Å². The smallest absolute Gasteiger partial charge is 0.220 e. The molecule has 0 bridgehead atoms. The number of hydrogen-bond acceptors (Lipinski definition) is 4. The third-order valence-corrected chi connectivity index (χ3v) is 3.94. The normalized spacial score (nSPS) is 21.7. The van der Waals surface area contributed by atoms with E-state index in [-0.39, 0.29) is 18.1 Å². The van der Waals surface area contributed by atoms with E-state index < -0.39 is 0 Å². The molecule has 1 amide bonds. The molecule has 6 nitrogen and oxygen atoms in total. The van der Waals surface area contributed by atoms with E-state index >= 15 is 0 Å². The second-order valence-electron chi connectivity index (χ2n) is 5.69. The van der Waals surface area contributed by atoms with Gasteiger partial charge < -0.3 is 14.5 Å². The molecule has 1 aliphatic rings. The van der Waals surface area contributed by atoms with E-state index in [4.69, 9.17) is 9.15 Å². The van der Waals surface area contributed by atoms with Gasteiger partial charge in [-0.25, -0.2) is 0 Å². The Morgan fingerprint density at radius 1 is 1.55 bits per heavy atom. The summed E-state index contributed by atoms with van der Waals surface area (Å²) in [5, 5.41) is 7.30. The van der Waals surface area contributed by atoms with Crippen molar-refractivity contribution in [2.45, 2.75) is 37.8 Å². The summed E-state index contributed by atoms with van der Waals surface area (Å²) >= 11 is 0. The van der Waals surface area contributed by atoms with Gasteiger partial charge in [0.05, 0.1) is 24.8 Å². The zero-order chi connectivity index (χ0) is 15.4. The van der Waals surface area contributed by atoms with E-state index in [0.717, 1.165) is 30.6 Å². The molecule has 0 radical (unpaired) electrons. The van der Waals surface area contributed by atoms with Crippen molar-refractivity contribution in [2.75, 3.05) is 6.61 Å². The summed E-state index contributed by atoms with van der Waals surface area (Å²) in [5.41, 5.74) is 2.06. The van der Waals surface area contributed by atoms with E-state index in [1.54, 1.807) is 23.4 Å². The van der Waals surface area contributed by atoms with Crippen LogP contribution in [0.25, 0.3) is 0 Å². The van der Waals surface area contributed by atoms with Crippen LogP contribution >= 0.6 is 0 Å². The number of nitrogens with one attached hydrogen (secondary N) is 1. The summed E-state index contributed by atoms with van der Waals surface area (Å²) in [6.45, 7) is 0.723. The van der Waals surface area contributed by atoms with Crippen molar-refractivity contribution in [3.05, 3.63) is 42.1 Å². The largest absolute Gasteiger partial charge is 0.472 e. The molecule has 0 aliphatic carbocycles. The van der Waals surface area contributed by atoms with Crippen LogP contribution in [0.3, 0.4) is 0 Å². The zero-order valence-electron chi connectivity index (χ0n) is 12.7. The molecule has 118 valence electrons. The van der Waals surface area contributed by atoms with E-state index in [0.29, 0.717) is 12.8 Å². The van der Waals surface area contributed by atoms with Gasteiger partial charge in [0.25, 0.3) is 0 Å². The zero-order valence-corrected chi connectivity index (χ0v) is 12.7. The standard InChI is InChI=1S/C16H21N3O3/c1-19-10-13(9-17-19)16-14(3-2-7-22-16)18-15(20)5-4-12-6-8-21-11-12/h6,8-11,14,16H,2-5,7H2,1H3,(H,18,20)/t14-,16+/m0/s1. The molecule has 1 fully saturated rings. The second-order valence-corrected chi connectivity index (χ2v) is 5.69. The molecule has 6 heteroatoms. The maximum absolute atomic E-state index is 12.2. The Labute approximate surface area is 129 Å². The Morgan fingerprint density at radius 2 is 2.45 bits per heavy atom. The monoisotopic (exact) mass is 303 g/mol. The first kappa shape index (κ1) is 14.8. The van der Waals surface area contributed by atoms with Crippen molar-refractivity contribution >= 4 is 5.91 Å². The van der Waals surface area contributed by atoms with Crippen LogP contribution in [0.2, 0.25) is 0 Å². The fraction of sp³-hybridized carbons (Fsp3) is 0.500. The molecule has 2 aromatic heterocycles. The highest BCUT2D eigenvalue weighted by Crippen LogP contribution is 2.28. The van der Waals surface area contributed by atoms with Crippen molar-refractivity contribution in [1.29, 1.82) is 0 Å². The van der Waals surface area contributed by atoms with Gasteiger partial charge in [0.1, 0.15) is 6.10 Å². The lowest BCUT2D eigenvalue weighted by molar-refractivity contribution is -0.124. The first-order chi connectivity index (χ1) is 10.7. The molecule has 0 saturated carbocycles. The lowest BCUT2D eigenvalue weighted by Gasteiger charge is -2.31. The average Bonchev–Trinajstić information content (AvgIpc) is 3.17. The predicted molar refractivity (Wildman–Crippen MR) is 80.1 cm³/mol. The minimum Gasteiger partial charge on any atom is -0.472 e. The van der Waals surface area contributed by atoms with Gasteiger partial charge in [-0.3, -0.25) is 9.48 Å². The number of aromatic nitrogens is 2. The Morgan fingerprint density at radius 3 is 3.18 bits per heavy atom. The van der Waals surface area contributed by atoms with Crippen LogP contribution in [0.1, 0.15) is 36.5 Å². The van der Waals surface area contributed by atoms with Crippen molar-refractivity contribution in [1.82, 2.24) is 15.1 Å². The first-order valence-corrected chi connectivity index (χ1v) is 7.63. The Kier molecular flexibility index (Phi) is 4.58. The molecule has 2 atom stereocenters. The predicted octanol–water partition coefficient (Wildman–Crippen LogP) is 1.98. The highest BCUT2D eigenvalue weighted by molar-refractivity contribution is 5.76. The molecule has 22 heavy (non-hydrogen) atoms. The lowest BCUT2D eigenvalue weighted by Crippen LogP contribution is -2.42. The van der Waals surface area contributed by atoms with E-state index in [1.807, 2.05) is 19.3 Å². The number of amides is 1. The topological polar surface area (TPSA) is 69.3 Å². The fourth-order valence-corrected chi connectivity index (χ4v) is 2.82. The second kappa shape index (κ2) is 6.79. The van der Waals surface area contributed by atoms with Gasteiger partial charge in [0.2, 0.25) is 5.91 Å². The van der Waals surface area contributed by atoms with Crippen molar-refractivity contribution in [3.8, 4) is 0 Å². The highest BCUT2D eigenvalue weighted by Gasteiger charge is 2.29. The van der Waals surface area contributed by atoms with Gasteiger partial charge >= 0.3 is 0 Å². The Balaban J connectivity index is 1.57. The number of ether oxygens (including phenoxy) is 1. The Hall–Kier alpha value is -2.08. The van der Waals surface area contributed by atoms with E-state index in [9.17, 15) is 4.79 Å². The lowest BCUT2D eigenvalue weighted by atomic mass is 9.98. The molecule has 1 aliphatic heterocycles. The summed E-state index contributed by atoms with van der Waals surface area (Å²) in [6.07, 6.45) is 9.97. The number of carbonyl (C=O) groups is 1. The molecular formula is C16H21N3O3. The van der Waals surface area contributed by atoms with Gasteiger partial charge in [-0.1, -0.05) is 0 Å². The van der Waals surface area contributed by atoms with Gasteiger partial charge in [-0.05, 0) is 30.9 Å². The number of carbonyl (C=O) groups excluding carboxylic acids is 1. The minimum absolute atomic E-state index is 0.00907. The first-order valence-electron chi connectivity index (χ1n) is 7.63. The van der Waals surface area contributed by atoms with Crippen molar-refractivity contribution in [3.63, 3.8) is 0 Å². The number of aryl methyl sites for hydroxylation is 2. The van der Waals surface area contributed by atoms with Crippen LogP contribution in [0.15, 0.2) is 35.4 Å². The number of nitrogens with zero attached hydrogens (tertiary/aromatic N) is 2. The minimum atomic E-state index is -0.111. The summed E-state index contributed by atoms with van der Waals surface area (Å²) in [7, 11) is 1.88.